The van der Waals surface area contributed by atoms with Crippen molar-refractivity contribution in [3.8, 4) is 0 Å². The van der Waals surface area contributed by atoms with Crippen LogP contribution in [0.5, 0.6) is 0 Å². The Labute approximate surface area is 149 Å². The van der Waals surface area contributed by atoms with Gasteiger partial charge in [0.25, 0.3) is 0 Å². The Morgan fingerprint density at radius 3 is 2.56 bits per heavy atom. The van der Waals surface area contributed by atoms with E-state index in [-0.39, 0.29) is 6.09 Å². The van der Waals surface area contributed by atoms with Gasteiger partial charge in [-0.15, -0.1) is 5.10 Å². The highest BCUT2D eigenvalue weighted by Crippen LogP contribution is 2.30. The van der Waals surface area contributed by atoms with Crippen LogP contribution < -0.4 is 4.90 Å². The highest BCUT2D eigenvalue weighted by molar-refractivity contribution is 5.68. The summed E-state index contributed by atoms with van der Waals surface area (Å²) in [5.41, 5.74) is 0.286. The van der Waals surface area contributed by atoms with E-state index >= 15 is 0 Å². The summed E-state index contributed by atoms with van der Waals surface area (Å²) < 4.78 is 10.9. The van der Waals surface area contributed by atoms with E-state index in [0.29, 0.717) is 12.5 Å². The Bertz CT molecular complexity index is 575. The molecule has 0 spiro atoms. The minimum Gasteiger partial charge on any atom is -0.444 e. The third-order valence-corrected chi connectivity index (χ3v) is 4.22. The van der Waals surface area contributed by atoms with E-state index in [2.05, 4.69) is 15.1 Å². The normalized spacial score (nSPS) is 18.1. The first-order chi connectivity index (χ1) is 11.9. The molecule has 7 nitrogen and oxygen atoms in total. The SMILES string of the molecule is CC(C)(C)OC(=O)N(Cc1ccc(N2CCOCC2)nn1)CC1CC1. The average molecular weight is 348 g/mol. The Hall–Kier alpha value is -1.89. The minimum absolute atomic E-state index is 0.279. The first kappa shape index (κ1) is 17.9. The maximum atomic E-state index is 12.5. The van der Waals surface area contributed by atoms with Crippen molar-refractivity contribution in [3.63, 3.8) is 0 Å². The number of ether oxygens (including phenoxy) is 2. The number of carbonyl (C=O) groups is 1. The van der Waals surface area contributed by atoms with Gasteiger partial charge in [0.15, 0.2) is 5.82 Å². The van der Waals surface area contributed by atoms with Gasteiger partial charge in [-0.2, -0.15) is 5.10 Å². The molecule has 2 heterocycles. The number of hydrogen-bond acceptors (Lipinski definition) is 6. The van der Waals surface area contributed by atoms with Crippen LogP contribution >= 0.6 is 0 Å². The van der Waals surface area contributed by atoms with Crippen LogP contribution in [-0.2, 0) is 16.0 Å². The van der Waals surface area contributed by atoms with Gasteiger partial charge < -0.3 is 19.3 Å². The van der Waals surface area contributed by atoms with Crippen molar-refractivity contribution in [3.05, 3.63) is 17.8 Å². The summed E-state index contributed by atoms with van der Waals surface area (Å²) >= 11 is 0. The fourth-order valence-corrected chi connectivity index (χ4v) is 2.74. The van der Waals surface area contributed by atoms with Crippen LogP contribution in [0.15, 0.2) is 12.1 Å². The highest BCUT2D eigenvalue weighted by Gasteiger charge is 2.30. The molecule has 1 saturated carbocycles. The van der Waals surface area contributed by atoms with Crippen LogP contribution in [0.1, 0.15) is 39.3 Å². The molecule has 7 heteroatoms. The van der Waals surface area contributed by atoms with E-state index < -0.39 is 5.60 Å². The molecule has 138 valence electrons. The first-order valence-electron chi connectivity index (χ1n) is 9.04. The predicted molar refractivity (Wildman–Crippen MR) is 94.4 cm³/mol. The molecular formula is C18H28N4O3. The number of morpholine rings is 1. The molecule has 25 heavy (non-hydrogen) atoms. The van der Waals surface area contributed by atoms with Crippen LogP contribution in [0.2, 0.25) is 0 Å². The minimum atomic E-state index is -0.495. The van der Waals surface area contributed by atoms with Crippen LogP contribution in [0.25, 0.3) is 0 Å². The summed E-state index contributed by atoms with van der Waals surface area (Å²) in [7, 11) is 0. The maximum Gasteiger partial charge on any atom is 0.410 e. The lowest BCUT2D eigenvalue weighted by atomic mass is 10.2. The molecule has 2 aliphatic rings. The summed E-state index contributed by atoms with van der Waals surface area (Å²) in [5, 5.41) is 8.64. The lowest BCUT2D eigenvalue weighted by Gasteiger charge is -2.28. The second kappa shape index (κ2) is 7.56. The van der Waals surface area contributed by atoms with Crippen molar-refractivity contribution in [2.45, 2.75) is 45.8 Å². The summed E-state index contributed by atoms with van der Waals surface area (Å²) in [4.78, 5) is 16.4. The standard InChI is InChI=1S/C18H28N4O3/c1-18(2,3)25-17(23)22(12-14-4-5-14)13-15-6-7-16(20-19-15)21-8-10-24-11-9-21/h6-7,14H,4-5,8-13H2,1-3H3. The topological polar surface area (TPSA) is 67.8 Å². The van der Waals surface area contributed by atoms with E-state index in [0.717, 1.165) is 44.4 Å². The van der Waals surface area contributed by atoms with Gasteiger partial charge in [-0.25, -0.2) is 4.79 Å². The van der Waals surface area contributed by atoms with Gasteiger partial charge in [0.1, 0.15) is 5.60 Å². The molecule has 1 amide bonds. The van der Waals surface area contributed by atoms with Gasteiger partial charge in [0.2, 0.25) is 0 Å². The quantitative estimate of drug-likeness (QED) is 0.814. The molecule has 1 aliphatic heterocycles. The molecule has 1 saturated heterocycles. The Kier molecular flexibility index (Phi) is 5.42. The Morgan fingerprint density at radius 1 is 1.28 bits per heavy atom. The fraction of sp³-hybridized carbons (Fsp3) is 0.722. The predicted octanol–water partition coefficient (Wildman–Crippen LogP) is 2.46. The molecule has 0 N–H and O–H groups in total. The van der Waals surface area contributed by atoms with Crippen molar-refractivity contribution in [1.29, 1.82) is 0 Å². The number of hydrogen-bond donors (Lipinski definition) is 0. The number of anilines is 1. The van der Waals surface area contributed by atoms with Gasteiger partial charge in [-0.05, 0) is 51.7 Å². The Morgan fingerprint density at radius 2 is 2.00 bits per heavy atom. The monoisotopic (exact) mass is 348 g/mol. The third kappa shape index (κ3) is 5.56. The molecule has 0 unspecified atom stereocenters. The van der Waals surface area contributed by atoms with Crippen LogP contribution in [0.4, 0.5) is 10.6 Å². The second-order valence-corrected chi connectivity index (χ2v) is 7.79. The molecule has 1 aliphatic carbocycles. The first-order valence-corrected chi connectivity index (χ1v) is 9.04. The van der Waals surface area contributed by atoms with Crippen molar-refractivity contribution in [2.24, 2.45) is 5.92 Å². The van der Waals surface area contributed by atoms with Crippen molar-refractivity contribution >= 4 is 11.9 Å². The lowest BCUT2D eigenvalue weighted by molar-refractivity contribution is 0.0221. The van der Waals surface area contributed by atoms with Crippen molar-refractivity contribution in [2.75, 3.05) is 37.7 Å². The summed E-state index contributed by atoms with van der Waals surface area (Å²) in [5.74, 6) is 1.45. The summed E-state index contributed by atoms with van der Waals surface area (Å²) in [6.45, 7) is 9.92. The van der Waals surface area contributed by atoms with E-state index in [1.807, 2.05) is 32.9 Å². The molecule has 0 bridgehead atoms. The number of nitrogens with zero attached hydrogens (tertiary/aromatic N) is 4. The van der Waals surface area contributed by atoms with Crippen molar-refractivity contribution < 1.29 is 14.3 Å². The molecule has 0 atom stereocenters. The summed E-state index contributed by atoms with van der Waals surface area (Å²) in [6.07, 6.45) is 2.08. The van der Waals surface area contributed by atoms with Gasteiger partial charge in [0.05, 0.1) is 25.5 Å². The van der Waals surface area contributed by atoms with Gasteiger partial charge in [-0.3, -0.25) is 0 Å². The largest absolute Gasteiger partial charge is 0.444 e. The van der Waals surface area contributed by atoms with Crippen LogP contribution in [0.3, 0.4) is 0 Å². The van der Waals surface area contributed by atoms with E-state index in [1.165, 1.54) is 12.8 Å². The third-order valence-electron chi connectivity index (χ3n) is 4.22. The van der Waals surface area contributed by atoms with Crippen molar-refractivity contribution in [1.82, 2.24) is 15.1 Å². The zero-order valence-corrected chi connectivity index (χ0v) is 15.4. The van der Waals surface area contributed by atoms with Gasteiger partial charge >= 0.3 is 6.09 Å². The lowest BCUT2D eigenvalue weighted by Crippen LogP contribution is -2.38. The number of amides is 1. The van der Waals surface area contributed by atoms with E-state index in [9.17, 15) is 4.79 Å². The van der Waals surface area contributed by atoms with E-state index in [1.54, 1.807) is 4.90 Å². The number of aromatic nitrogens is 2. The molecule has 2 fully saturated rings. The van der Waals surface area contributed by atoms with Gasteiger partial charge in [-0.1, -0.05) is 0 Å². The zero-order valence-electron chi connectivity index (χ0n) is 15.4. The smallest absolute Gasteiger partial charge is 0.410 e. The maximum absolute atomic E-state index is 12.5. The second-order valence-electron chi connectivity index (χ2n) is 7.79. The number of rotatable bonds is 5. The zero-order chi connectivity index (χ0) is 17.9. The van der Waals surface area contributed by atoms with Gasteiger partial charge in [0, 0.05) is 19.6 Å². The molecule has 1 aromatic rings. The Balaban J connectivity index is 1.63. The average Bonchev–Trinajstić information content (AvgIpc) is 3.38. The molecule has 1 aromatic heterocycles. The molecule has 0 aromatic carbocycles. The summed E-state index contributed by atoms with van der Waals surface area (Å²) in [6, 6.07) is 3.92. The highest BCUT2D eigenvalue weighted by atomic mass is 16.6. The van der Waals surface area contributed by atoms with Crippen LogP contribution in [-0.4, -0.2) is 59.6 Å². The molecule has 0 radical (unpaired) electrons. The fourth-order valence-electron chi connectivity index (χ4n) is 2.74. The number of carbonyl (C=O) groups excluding carboxylic acids is 1. The van der Waals surface area contributed by atoms with Crippen LogP contribution in [0, 0.1) is 5.92 Å². The molecular weight excluding hydrogens is 320 g/mol. The van der Waals surface area contributed by atoms with E-state index in [4.69, 9.17) is 9.47 Å². The molecule has 3 rings (SSSR count).